The summed E-state index contributed by atoms with van der Waals surface area (Å²) in [6.07, 6.45) is 8.22. The lowest BCUT2D eigenvalue weighted by atomic mass is 9.98. The van der Waals surface area contributed by atoms with Crippen LogP contribution in [0.1, 0.15) is 5.56 Å². The summed E-state index contributed by atoms with van der Waals surface area (Å²) in [5.41, 5.74) is 10.6. The van der Waals surface area contributed by atoms with E-state index in [1.165, 1.54) is 54.8 Å². The van der Waals surface area contributed by atoms with Crippen LogP contribution in [-0.4, -0.2) is 16.1 Å². The fraction of sp³-hybridized carbons (Fsp3) is 0.0263. The molecule has 0 unspecified atom stereocenters. The number of nitrogens with one attached hydrogen (secondary N) is 1. The van der Waals surface area contributed by atoms with E-state index in [2.05, 4.69) is 136 Å². The second kappa shape index (κ2) is 9.65. The molecule has 0 aliphatic carbocycles. The molecule has 194 valence electrons. The van der Waals surface area contributed by atoms with Gasteiger partial charge in [-0.1, -0.05) is 91.0 Å². The van der Waals surface area contributed by atoms with Crippen LogP contribution >= 0.6 is 0 Å². The molecule has 41 heavy (non-hydrogen) atoms. The number of benzene rings is 5. The number of para-hydroxylation sites is 1. The van der Waals surface area contributed by atoms with Crippen LogP contribution in [0.2, 0.25) is 0 Å². The smallest absolute Gasteiger partial charge is 0.0702 e. The molecule has 0 fully saturated rings. The highest BCUT2D eigenvalue weighted by molar-refractivity contribution is 6.19. The number of hydrogen-bond acceptors (Lipinski definition) is 2. The molecule has 1 aliphatic heterocycles. The summed E-state index contributed by atoms with van der Waals surface area (Å²) in [4.78, 5) is 4.57. The second-order valence-corrected chi connectivity index (χ2v) is 10.5. The summed E-state index contributed by atoms with van der Waals surface area (Å²) < 4.78 is 2.43. The Morgan fingerprint density at radius 3 is 2.17 bits per heavy atom. The van der Waals surface area contributed by atoms with Gasteiger partial charge in [0.05, 0.1) is 16.7 Å². The molecule has 3 heteroatoms. The zero-order chi connectivity index (χ0) is 27.2. The number of pyridine rings is 1. The van der Waals surface area contributed by atoms with Gasteiger partial charge in [0, 0.05) is 40.2 Å². The van der Waals surface area contributed by atoms with Crippen molar-refractivity contribution in [1.29, 1.82) is 0 Å². The van der Waals surface area contributed by atoms with E-state index in [-0.39, 0.29) is 0 Å². The van der Waals surface area contributed by atoms with Crippen molar-refractivity contribution < 1.29 is 0 Å². The molecule has 0 spiro atoms. The number of rotatable bonds is 4. The fourth-order valence-electron chi connectivity index (χ4n) is 6.08. The highest BCUT2D eigenvalue weighted by atomic mass is 15.0. The van der Waals surface area contributed by atoms with Crippen LogP contribution in [-0.2, 0) is 0 Å². The molecule has 3 heterocycles. The van der Waals surface area contributed by atoms with Crippen LogP contribution in [0, 0.1) is 0 Å². The van der Waals surface area contributed by atoms with Gasteiger partial charge in [-0.05, 0) is 76.3 Å². The minimum atomic E-state index is 0.868. The molecule has 0 saturated carbocycles. The molecular weight excluding hydrogens is 498 g/mol. The molecule has 1 aliphatic rings. The zero-order valence-electron chi connectivity index (χ0n) is 22.5. The van der Waals surface area contributed by atoms with Gasteiger partial charge in [0.15, 0.2) is 0 Å². The van der Waals surface area contributed by atoms with E-state index in [4.69, 9.17) is 0 Å². The summed E-state index contributed by atoms with van der Waals surface area (Å²) in [7, 11) is 0. The molecule has 2 aromatic heterocycles. The van der Waals surface area contributed by atoms with Gasteiger partial charge >= 0.3 is 0 Å². The number of aromatic nitrogens is 2. The first kappa shape index (κ1) is 23.5. The van der Waals surface area contributed by atoms with Crippen LogP contribution in [0.25, 0.3) is 66.2 Å². The first-order valence-electron chi connectivity index (χ1n) is 14.0. The topological polar surface area (TPSA) is 29.9 Å². The Kier molecular flexibility index (Phi) is 5.53. The molecule has 8 rings (SSSR count). The van der Waals surface area contributed by atoms with Gasteiger partial charge in [-0.15, -0.1) is 0 Å². The van der Waals surface area contributed by atoms with E-state index < -0.39 is 0 Å². The Bertz CT molecular complexity index is 2120. The lowest BCUT2D eigenvalue weighted by Gasteiger charge is -2.12. The fourth-order valence-corrected chi connectivity index (χ4v) is 6.08. The van der Waals surface area contributed by atoms with Crippen molar-refractivity contribution in [3.05, 3.63) is 151 Å². The van der Waals surface area contributed by atoms with E-state index in [0.717, 1.165) is 23.5 Å². The van der Waals surface area contributed by atoms with Crippen molar-refractivity contribution >= 4 is 38.2 Å². The van der Waals surface area contributed by atoms with Crippen LogP contribution in [0.3, 0.4) is 0 Å². The Labute approximate surface area is 238 Å². The van der Waals surface area contributed by atoms with Gasteiger partial charge in [0.25, 0.3) is 0 Å². The molecule has 0 atom stereocenters. The van der Waals surface area contributed by atoms with E-state index in [9.17, 15) is 0 Å². The van der Waals surface area contributed by atoms with Gasteiger partial charge in [-0.2, -0.15) is 0 Å². The predicted molar refractivity (Wildman–Crippen MR) is 172 cm³/mol. The first-order chi connectivity index (χ1) is 20.3. The van der Waals surface area contributed by atoms with E-state index in [0.29, 0.717) is 0 Å². The molecule has 5 aromatic carbocycles. The lowest BCUT2D eigenvalue weighted by Crippen LogP contribution is -2.08. The Hall–Kier alpha value is -5.41. The van der Waals surface area contributed by atoms with Crippen molar-refractivity contribution in [3.63, 3.8) is 0 Å². The summed E-state index contributed by atoms with van der Waals surface area (Å²) in [6, 6.07) is 43.8. The normalized spacial score (nSPS) is 13.0. The Balaban J connectivity index is 1.33. The van der Waals surface area contributed by atoms with Crippen LogP contribution in [0.5, 0.6) is 0 Å². The maximum atomic E-state index is 4.57. The quantitative estimate of drug-likeness (QED) is 0.248. The highest BCUT2D eigenvalue weighted by Gasteiger charge is 2.16. The first-order valence-corrected chi connectivity index (χ1v) is 14.0. The van der Waals surface area contributed by atoms with E-state index in [1.54, 1.807) is 0 Å². The Morgan fingerprint density at radius 1 is 0.610 bits per heavy atom. The predicted octanol–water partition coefficient (Wildman–Crippen LogP) is 9.17. The third-order valence-electron chi connectivity index (χ3n) is 8.09. The van der Waals surface area contributed by atoms with Crippen molar-refractivity contribution in [3.8, 4) is 28.1 Å². The molecule has 0 saturated heterocycles. The number of nitrogens with zero attached hydrogens (tertiary/aromatic N) is 2. The van der Waals surface area contributed by atoms with Gasteiger partial charge in [0.1, 0.15) is 0 Å². The zero-order valence-corrected chi connectivity index (χ0v) is 22.5. The van der Waals surface area contributed by atoms with Gasteiger partial charge < -0.3 is 9.88 Å². The van der Waals surface area contributed by atoms with E-state index in [1.807, 2.05) is 24.5 Å². The van der Waals surface area contributed by atoms with Crippen molar-refractivity contribution in [2.75, 3.05) is 6.54 Å². The average Bonchev–Trinajstić information content (AvgIpc) is 3.40. The number of hydrogen-bond donors (Lipinski definition) is 1. The number of allylic oxidation sites excluding steroid dienone is 2. The van der Waals surface area contributed by atoms with Crippen LogP contribution < -0.4 is 5.32 Å². The third kappa shape index (κ3) is 4.02. The molecule has 1 N–H and O–H groups in total. The average molecular weight is 526 g/mol. The van der Waals surface area contributed by atoms with Crippen LogP contribution in [0.15, 0.2) is 146 Å². The minimum absolute atomic E-state index is 0.868. The van der Waals surface area contributed by atoms with Gasteiger partial charge in [-0.25, -0.2) is 0 Å². The summed E-state index contributed by atoms with van der Waals surface area (Å²) in [5, 5.41) is 8.18. The minimum Gasteiger partial charge on any atom is -0.387 e. The molecule has 0 bridgehead atoms. The van der Waals surface area contributed by atoms with Crippen LogP contribution in [0.4, 0.5) is 0 Å². The summed E-state index contributed by atoms with van der Waals surface area (Å²) >= 11 is 0. The van der Waals surface area contributed by atoms with Crippen molar-refractivity contribution in [2.45, 2.75) is 0 Å². The molecular formula is C38H27N3. The third-order valence-corrected chi connectivity index (χ3v) is 8.09. The molecule has 7 aromatic rings. The largest absolute Gasteiger partial charge is 0.387 e. The molecule has 3 nitrogen and oxygen atoms in total. The summed E-state index contributed by atoms with van der Waals surface area (Å²) in [6.45, 7) is 0.868. The SMILES string of the molecule is C1=CC(c2ccc(-c3ccc4c5ccc6cc(-c7ccccn7)ccc6c5n(-c5ccccc5)c4c3)cc2)=CCN1. The van der Waals surface area contributed by atoms with Crippen molar-refractivity contribution in [1.82, 2.24) is 14.9 Å². The number of dihydropyridines is 1. The van der Waals surface area contributed by atoms with E-state index >= 15 is 0 Å². The molecule has 0 amide bonds. The summed E-state index contributed by atoms with van der Waals surface area (Å²) in [5.74, 6) is 0. The Morgan fingerprint density at radius 2 is 1.37 bits per heavy atom. The van der Waals surface area contributed by atoms with Crippen molar-refractivity contribution in [2.24, 2.45) is 0 Å². The van der Waals surface area contributed by atoms with Gasteiger partial charge in [-0.3, -0.25) is 4.98 Å². The maximum Gasteiger partial charge on any atom is 0.0702 e. The standard InChI is InChI=1S/C38H27N3/c1-2-6-32(7-3-1)41-37-25-29(27-11-9-26(10-12-27)28-19-22-39-23-20-28)13-17-34(37)35-18-14-30-24-31(15-16-33(30)38(35)41)36-8-4-5-21-40-36/h1-22,24-25,39H,23H2. The number of fused-ring (bicyclic) bond motifs is 5. The monoisotopic (exact) mass is 525 g/mol. The van der Waals surface area contributed by atoms with Gasteiger partial charge in [0.2, 0.25) is 0 Å². The maximum absolute atomic E-state index is 4.57. The molecule has 0 radical (unpaired) electrons. The highest BCUT2D eigenvalue weighted by Crippen LogP contribution is 2.39. The lowest BCUT2D eigenvalue weighted by molar-refractivity contribution is 0.976. The second-order valence-electron chi connectivity index (χ2n) is 10.5.